The Kier molecular flexibility index (Phi) is 3.53. The van der Waals surface area contributed by atoms with Crippen LogP contribution in [0.25, 0.3) is 22.6 Å². The maximum atomic E-state index is 6.03. The molecule has 2 aromatic carbocycles. The first kappa shape index (κ1) is 13.9. The summed E-state index contributed by atoms with van der Waals surface area (Å²) in [6, 6.07) is 7.34. The maximum absolute atomic E-state index is 6.03. The first-order valence-electron chi connectivity index (χ1n) is 5.99. The van der Waals surface area contributed by atoms with Gasteiger partial charge in [0.2, 0.25) is 5.89 Å². The number of nitrogens with zero attached hydrogens (tertiary/aromatic N) is 1. The summed E-state index contributed by atoms with van der Waals surface area (Å²) in [6.45, 7) is 4.09. The lowest BCUT2D eigenvalue weighted by Crippen LogP contribution is -1.83. The molecule has 0 aliphatic carbocycles. The van der Waals surface area contributed by atoms with Gasteiger partial charge in [0.15, 0.2) is 5.58 Å². The third-order valence-electron chi connectivity index (χ3n) is 3.29. The summed E-state index contributed by atoms with van der Waals surface area (Å²) < 4.78 is 6.79. The van der Waals surface area contributed by atoms with Crippen LogP contribution in [0.4, 0.5) is 0 Å². The predicted molar refractivity (Wildman–Crippen MR) is 86.6 cm³/mol. The lowest BCUT2D eigenvalue weighted by atomic mass is 10.1. The van der Waals surface area contributed by atoms with Gasteiger partial charge in [-0.25, -0.2) is 4.98 Å². The Bertz CT molecular complexity index is 826. The summed E-state index contributed by atoms with van der Waals surface area (Å²) in [5.41, 5.74) is 4.68. The normalized spacial score (nSPS) is 11.2. The molecule has 0 radical (unpaired) electrons. The van der Waals surface area contributed by atoms with Crippen molar-refractivity contribution in [3.8, 4) is 11.5 Å². The van der Waals surface area contributed by atoms with Crippen molar-refractivity contribution in [3.05, 3.63) is 49.9 Å². The Hall–Kier alpha value is -1.03. The van der Waals surface area contributed by atoms with Crippen molar-refractivity contribution in [2.24, 2.45) is 0 Å². The lowest BCUT2D eigenvalue weighted by molar-refractivity contribution is 0.617. The molecule has 0 saturated heterocycles. The Morgan fingerprint density at radius 3 is 2.55 bits per heavy atom. The second-order valence-corrected chi connectivity index (χ2v) is 6.24. The van der Waals surface area contributed by atoms with Crippen LogP contribution in [0.2, 0.25) is 10.0 Å². The topological polar surface area (TPSA) is 26.0 Å². The molecule has 0 spiro atoms. The van der Waals surface area contributed by atoms with Crippen LogP contribution in [0.5, 0.6) is 0 Å². The largest absolute Gasteiger partial charge is 0.435 e. The molecule has 5 heteroatoms. The number of fused-ring (bicyclic) bond motifs is 1. The van der Waals surface area contributed by atoms with Crippen LogP contribution in [0.1, 0.15) is 11.1 Å². The Morgan fingerprint density at radius 1 is 1.10 bits per heavy atom. The van der Waals surface area contributed by atoms with Gasteiger partial charge in [-0.05, 0) is 65.2 Å². The highest BCUT2D eigenvalue weighted by Gasteiger charge is 2.14. The molecule has 0 unspecified atom stereocenters. The third kappa shape index (κ3) is 2.24. The molecule has 0 aliphatic heterocycles. The zero-order valence-corrected chi connectivity index (χ0v) is 13.9. The van der Waals surface area contributed by atoms with Gasteiger partial charge in [-0.15, -0.1) is 0 Å². The van der Waals surface area contributed by atoms with Crippen molar-refractivity contribution in [3.63, 3.8) is 0 Å². The summed E-state index contributed by atoms with van der Waals surface area (Å²) >= 11 is 15.5. The molecule has 102 valence electrons. The summed E-state index contributed by atoms with van der Waals surface area (Å²) in [5.74, 6) is 0.532. The Balaban J connectivity index is 2.23. The van der Waals surface area contributed by atoms with Crippen LogP contribution < -0.4 is 0 Å². The molecule has 0 fully saturated rings. The van der Waals surface area contributed by atoms with Crippen LogP contribution in [0.3, 0.4) is 0 Å². The molecule has 0 atom stereocenters. The van der Waals surface area contributed by atoms with Crippen LogP contribution in [-0.4, -0.2) is 4.98 Å². The molecule has 1 aromatic heterocycles. The van der Waals surface area contributed by atoms with Gasteiger partial charge < -0.3 is 4.42 Å². The minimum absolute atomic E-state index is 0.484. The van der Waals surface area contributed by atoms with Gasteiger partial charge in [0.25, 0.3) is 0 Å². The van der Waals surface area contributed by atoms with Crippen molar-refractivity contribution >= 4 is 50.2 Å². The molecule has 3 rings (SSSR count). The minimum Gasteiger partial charge on any atom is -0.435 e. The zero-order valence-electron chi connectivity index (χ0n) is 10.8. The smallest absolute Gasteiger partial charge is 0.227 e. The van der Waals surface area contributed by atoms with Gasteiger partial charge in [-0.2, -0.15) is 0 Å². The van der Waals surface area contributed by atoms with Crippen LogP contribution in [0, 0.1) is 13.8 Å². The highest BCUT2D eigenvalue weighted by Crippen LogP contribution is 2.34. The number of benzene rings is 2. The average molecular weight is 371 g/mol. The first-order valence-corrected chi connectivity index (χ1v) is 7.54. The number of rotatable bonds is 1. The minimum atomic E-state index is 0.484. The molecule has 20 heavy (non-hydrogen) atoms. The Morgan fingerprint density at radius 2 is 1.85 bits per heavy atom. The fraction of sp³-hybridized carbons (Fsp3) is 0.133. The van der Waals surface area contributed by atoms with E-state index in [9.17, 15) is 0 Å². The van der Waals surface area contributed by atoms with E-state index in [-0.39, 0.29) is 0 Å². The molecule has 0 bridgehead atoms. The van der Waals surface area contributed by atoms with Crippen LogP contribution in [-0.2, 0) is 0 Å². The van der Waals surface area contributed by atoms with Gasteiger partial charge >= 0.3 is 0 Å². The van der Waals surface area contributed by atoms with E-state index in [1.54, 1.807) is 12.1 Å². The van der Waals surface area contributed by atoms with E-state index >= 15 is 0 Å². The second kappa shape index (κ2) is 5.06. The van der Waals surface area contributed by atoms with E-state index in [2.05, 4.69) is 20.9 Å². The Labute approximate surface area is 134 Å². The van der Waals surface area contributed by atoms with Gasteiger partial charge in [0.1, 0.15) is 5.52 Å². The van der Waals surface area contributed by atoms with Crippen molar-refractivity contribution in [1.29, 1.82) is 0 Å². The van der Waals surface area contributed by atoms with Gasteiger partial charge in [-0.3, -0.25) is 0 Å². The van der Waals surface area contributed by atoms with E-state index in [1.807, 2.05) is 26.0 Å². The van der Waals surface area contributed by atoms with E-state index in [1.165, 1.54) is 5.56 Å². The highest BCUT2D eigenvalue weighted by molar-refractivity contribution is 9.10. The van der Waals surface area contributed by atoms with Crippen molar-refractivity contribution in [1.82, 2.24) is 4.98 Å². The zero-order chi connectivity index (χ0) is 14.4. The molecular weight excluding hydrogens is 361 g/mol. The number of oxazole rings is 1. The lowest BCUT2D eigenvalue weighted by Gasteiger charge is -2.01. The fourth-order valence-corrected chi connectivity index (χ4v) is 2.89. The number of hydrogen-bond acceptors (Lipinski definition) is 2. The second-order valence-electron chi connectivity index (χ2n) is 4.63. The van der Waals surface area contributed by atoms with E-state index in [0.717, 1.165) is 26.7 Å². The quantitative estimate of drug-likeness (QED) is 0.511. The SMILES string of the molecule is Cc1cc2nc(-c3ccc(Cl)c(Cl)c3)oc2c(Br)c1C. The molecule has 0 N–H and O–H groups in total. The van der Waals surface area contributed by atoms with Gasteiger partial charge in [0.05, 0.1) is 14.5 Å². The molecular formula is C15H10BrCl2NO. The predicted octanol–water partition coefficient (Wildman–Crippen LogP) is 6.18. The highest BCUT2D eigenvalue weighted by atomic mass is 79.9. The number of aromatic nitrogens is 1. The maximum Gasteiger partial charge on any atom is 0.227 e. The standard InChI is InChI=1S/C15H10BrCl2NO/c1-7-5-12-14(13(16)8(7)2)20-15(19-12)9-3-4-10(17)11(18)6-9/h3-6H,1-2H3. The fourth-order valence-electron chi connectivity index (χ4n) is 2.00. The summed E-state index contributed by atoms with van der Waals surface area (Å²) in [6.07, 6.45) is 0. The molecule has 0 saturated carbocycles. The van der Waals surface area contributed by atoms with Gasteiger partial charge in [-0.1, -0.05) is 23.2 Å². The average Bonchev–Trinajstić information content (AvgIpc) is 2.83. The van der Waals surface area contributed by atoms with E-state index in [4.69, 9.17) is 27.6 Å². The van der Waals surface area contributed by atoms with Crippen molar-refractivity contribution in [2.45, 2.75) is 13.8 Å². The van der Waals surface area contributed by atoms with E-state index < -0.39 is 0 Å². The molecule has 0 amide bonds. The number of halogens is 3. The number of hydrogen-bond donors (Lipinski definition) is 0. The monoisotopic (exact) mass is 369 g/mol. The molecule has 0 aliphatic rings. The van der Waals surface area contributed by atoms with E-state index in [0.29, 0.717) is 15.9 Å². The summed E-state index contributed by atoms with van der Waals surface area (Å²) in [4.78, 5) is 4.52. The molecule has 1 heterocycles. The third-order valence-corrected chi connectivity index (χ3v) is 4.99. The molecule has 2 nitrogen and oxygen atoms in total. The van der Waals surface area contributed by atoms with Gasteiger partial charge in [0, 0.05) is 5.56 Å². The van der Waals surface area contributed by atoms with Crippen molar-refractivity contribution in [2.75, 3.05) is 0 Å². The van der Waals surface area contributed by atoms with Crippen molar-refractivity contribution < 1.29 is 4.42 Å². The summed E-state index contributed by atoms with van der Waals surface area (Å²) in [7, 11) is 0. The molecule has 3 aromatic rings. The summed E-state index contributed by atoms with van der Waals surface area (Å²) in [5, 5.41) is 0.997. The van der Waals surface area contributed by atoms with Crippen LogP contribution in [0.15, 0.2) is 33.2 Å². The van der Waals surface area contributed by atoms with Crippen LogP contribution >= 0.6 is 39.1 Å². The number of aryl methyl sites for hydroxylation is 1. The first-order chi connectivity index (χ1) is 9.47.